The van der Waals surface area contributed by atoms with Crippen molar-refractivity contribution in [1.29, 1.82) is 0 Å². The van der Waals surface area contributed by atoms with Gasteiger partial charge >= 0.3 is 6.09 Å². The maximum atomic E-state index is 12.0. The lowest BCUT2D eigenvalue weighted by Crippen LogP contribution is -2.29. The third-order valence-electron chi connectivity index (χ3n) is 4.79. The summed E-state index contributed by atoms with van der Waals surface area (Å²) >= 11 is 1.55. The topological polar surface area (TPSA) is 86.1 Å². The molecule has 33 heavy (non-hydrogen) atoms. The fourth-order valence-electron chi connectivity index (χ4n) is 3.22. The standard InChI is InChI=1S/C23H24N4O4S.ClH/c1-29-18-12-17(13-19(14-18)30-2)20-21(27-10-11-32-22(27)26-20)24-8-9-25-23(28)31-15-16-6-4-3-5-7-16;/h3-7,10-14,24H,8-9,15H2,1-2H3,(H,25,28);1H. The number of methoxy groups -OCH3 is 2. The van der Waals surface area contributed by atoms with E-state index in [9.17, 15) is 4.79 Å². The highest BCUT2D eigenvalue weighted by atomic mass is 35.5. The number of rotatable bonds is 9. The molecule has 0 aliphatic heterocycles. The molecule has 8 nitrogen and oxygen atoms in total. The number of amides is 1. The summed E-state index contributed by atoms with van der Waals surface area (Å²) in [6.45, 7) is 1.13. The molecule has 1 amide bonds. The van der Waals surface area contributed by atoms with Crippen molar-refractivity contribution in [3.63, 3.8) is 0 Å². The minimum absolute atomic E-state index is 0. The lowest BCUT2D eigenvalue weighted by atomic mass is 10.1. The van der Waals surface area contributed by atoms with Crippen LogP contribution < -0.4 is 20.1 Å². The Kier molecular flexibility index (Phi) is 8.39. The van der Waals surface area contributed by atoms with E-state index in [0.717, 1.165) is 27.6 Å². The second-order valence-electron chi connectivity index (χ2n) is 6.88. The van der Waals surface area contributed by atoms with E-state index in [0.29, 0.717) is 24.6 Å². The summed E-state index contributed by atoms with van der Waals surface area (Å²) in [6, 6.07) is 15.2. The van der Waals surface area contributed by atoms with E-state index >= 15 is 0 Å². The maximum Gasteiger partial charge on any atom is 0.407 e. The molecule has 0 unspecified atom stereocenters. The molecule has 0 atom stereocenters. The Morgan fingerprint density at radius 3 is 2.48 bits per heavy atom. The highest BCUT2D eigenvalue weighted by Gasteiger charge is 2.16. The second kappa shape index (κ2) is 11.4. The summed E-state index contributed by atoms with van der Waals surface area (Å²) < 4.78 is 18.0. The van der Waals surface area contributed by atoms with Crippen LogP contribution in [0.15, 0.2) is 60.1 Å². The molecule has 0 spiro atoms. The lowest BCUT2D eigenvalue weighted by Gasteiger charge is -2.11. The molecule has 0 aliphatic rings. The van der Waals surface area contributed by atoms with E-state index in [1.807, 2.05) is 64.5 Å². The van der Waals surface area contributed by atoms with Crippen LogP contribution in [-0.4, -0.2) is 42.8 Å². The van der Waals surface area contributed by atoms with E-state index in [1.54, 1.807) is 25.6 Å². The largest absolute Gasteiger partial charge is 0.497 e. The van der Waals surface area contributed by atoms with Crippen LogP contribution in [-0.2, 0) is 11.3 Å². The first-order valence-corrected chi connectivity index (χ1v) is 10.9. The number of anilines is 1. The Morgan fingerprint density at radius 1 is 1.06 bits per heavy atom. The molecule has 0 radical (unpaired) electrons. The third-order valence-corrected chi connectivity index (χ3v) is 5.54. The number of hydrogen-bond donors (Lipinski definition) is 2. The zero-order valence-electron chi connectivity index (χ0n) is 18.2. The highest BCUT2D eigenvalue weighted by molar-refractivity contribution is 7.15. The van der Waals surface area contributed by atoms with Gasteiger partial charge in [-0.25, -0.2) is 9.78 Å². The molecule has 2 heterocycles. The summed E-state index contributed by atoms with van der Waals surface area (Å²) in [6.07, 6.45) is 1.50. The first-order valence-electron chi connectivity index (χ1n) is 10.1. The number of ether oxygens (including phenoxy) is 3. The van der Waals surface area contributed by atoms with Crippen LogP contribution in [0.1, 0.15) is 5.56 Å². The van der Waals surface area contributed by atoms with Crippen LogP contribution in [0.2, 0.25) is 0 Å². The molecule has 0 bridgehead atoms. The number of aromatic nitrogens is 2. The Labute approximate surface area is 201 Å². The van der Waals surface area contributed by atoms with Gasteiger partial charge in [-0.05, 0) is 17.7 Å². The van der Waals surface area contributed by atoms with Gasteiger partial charge in [-0.15, -0.1) is 23.7 Å². The number of imidazole rings is 1. The maximum absolute atomic E-state index is 12.0. The van der Waals surface area contributed by atoms with Crippen LogP contribution in [0, 0.1) is 0 Å². The summed E-state index contributed by atoms with van der Waals surface area (Å²) in [4.78, 5) is 17.6. The molecule has 0 saturated heterocycles. The number of hydrogen-bond acceptors (Lipinski definition) is 7. The molecule has 2 aromatic carbocycles. The summed E-state index contributed by atoms with van der Waals surface area (Å²) in [5, 5.41) is 8.12. The molecule has 10 heteroatoms. The smallest absolute Gasteiger partial charge is 0.407 e. The fourth-order valence-corrected chi connectivity index (χ4v) is 3.93. The van der Waals surface area contributed by atoms with Crippen LogP contribution in [0.3, 0.4) is 0 Å². The van der Waals surface area contributed by atoms with Gasteiger partial charge in [-0.2, -0.15) is 0 Å². The van der Waals surface area contributed by atoms with Gasteiger partial charge in [0.05, 0.1) is 14.2 Å². The monoisotopic (exact) mass is 488 g/mol. The van der Waals surface area contributed by atoms with E-state index in [1.165, 1.54) is 0 Å². The Hall–Kier alpha value is -3.43. The van der Waals surface area contributed by atoms with Crippen molar-refractivity contribution >= 4 is 40.6 Å². The van der Waals surface area contributed by atoms with Gasteiger partial charge in [0.1, 0.15) is 29.6 Å². The van der Waals surface area contributed by atoms with Gasteiger partial charge in [0.2, 0.25) is 0 Å². The Balaban J connectivity index is 0.00000306. The fraction of sp³-hybridized carbons (Fsp3) is 0.217. The quantitative estimate of drug-likeness (QED) is 0.328. The van der Waals surface area contributed by atoms with Crippen LogP contribution >= 0.6 is 23.7 Å². The molecule has 0 fully saturated rings. The van der Waals surface area contributed by atoms with Crippen molar-refractivity contribution in [3.05, 3.63) is 65.7 Å². The summed E-state index contributed by atoms with van der Waals surface area (Å²) in [5.41, 5.74) is 2.59. The zero-order valence-corrected chi connectivity index (χ0v) is 19.9. The second-order valence-corrected chi connectivity index (χ2v) is 7.75. The number of carbonyl (C=O) groups excluding carboxylic acids is 1. The summed E-state index contributed by atoms with van der Waals surface area (Å²) in [5.74, 6) is 2.20. The first kappa shape index (κ1) is 24.2. The number of nitrogens with zero attached hydrogens (tertiary/aromatic N) is 2. The van der Waals surface area contributed by atoms with Crippen molar-refractivity contribution in [1.82, 2.24) is 14.7 Å². The number of halogens is 1. The lowest BCUT2D eigenvalue weighted by molar-refractivity contribution is 0.140. The van der Waals surface area contributed by atoms with E-state index < -0.39 is 6.09 Å². The average Bonchev–Trinajstić information content (AvgIpc) is 3.43. The SMILES string of the molecule is COc1cc(OC)cc(-c2nc3sccn3c2NCCNC(=O)OCc2ccccc2)c1.Cl. The van der Waals surface area contributed by atoms with Crippen LogP contribution in [0.25, 0.3) is 16.2 Å². The number of carbonyl (C=O) groups is 1. The predicted octanol–water partition coefficient (Wildman–Crippen LogP) is 4.84. The van der Waals surface area contributed by atoms with Crippen molar-refractivity contribution in [3.8, 4) is 22.8 Å². The van der Waals surface area contributed by atoms with Crippen molar-refractivity contribution in [2.75, 3.05) is 32.6 Å². The molecule has 0 saturated carbocycles. The van der Waals surface area contributed by atoms with E-state index in [4.69, 9.17) is 19.2 Å². The van der Waals surface area contributed by atoms with Crippen molar-refractivity contribution < 1.29 is 19.0 Å². The average molecular weight is 489 g/mol. The molecule has 4 aromatic rings. The molecular weight excluding hydrogens is 464 g/mol. The van der Waals surface area contributed by atoms with Gasteiger partial charge in [0, 0.05) is 36.3 Å². The summed E-state index contributed by atoms with van der Waals surface area (Å²) in [7, 11) is 3.23. The number of alkyl carbamates (subject to hydrolysis) is 1. The van der Waals surface area contributed by atoms with Crippen LogP contribution in [0.5, 0.6) is 11.5 Å². The van der Waals surface area contributed by atoms with Gasteiger partial charge in [-0.1, -0.05) is 30.3 Å². The van der Waals surface area contributed by atoms with Gasteiger partial charge < -0.3 is 24.8 Å². The molecule has 2 aromatic heterocycles. The first-order chi connectivity index (χ1) is 15.7. The third kappa shape index (κ3) is 5.88. The molecule has 4 rings (SSSR count). The number of benzene rings is 2. The highest BCUT2D eigenvalue weighted by Crippen LogP contribution is 2.35. The molecular formula is C23H25ClN4O4S. The van der Waals surface area contributed by atoms with Crippen molar-refractivity contribution in [2.24, 2.45) is 0 Å². The van der Waals surface area contributed by atoms with Gasteiger partial charge in [0.15, 0.2) is 4.96 Å². The van der Waals surface area contributed by atoms with E-state index in [2.05, 4.69) is 10.6 Å². The number of fused-ring (bicyclic) bond motifs is 1. The van der Waals surface area contributed by atoms with Gasteiger partial charge in [-0.3, -0.25) is 4.40 Å². The Bertz CT molecular complexity index is 1170. The number of thiazole rings is 1. The minimum atomic E-state index is -0.456. The molecule has 2 N–H and O–H groups in total. The van der Waals surface area contributed by atoms with Gasteiger partial charge in [0.25, 0.3) is 0 Å². The normalized spacial score (nSPS) is 10.4. The van der Waals surface area contributed by atoms with E-state index in [-0.39, 0.29) is 19.0 Å². The van der Waals surface area contributed by atoms with Crippen molar-refractivity contribution in [2.45, 2.75) is 6.61 Å². The zero-order chi connectivity index (χ0) is 22.3. The Morgan fingerprint density at radius 2 is 1.79 bits per heavy atom. The van der Waals surface area contributed by atoms with Crippen LogP contribution in [0.4, 0.5) is 10.6 Å². The molecule has 0 aliphatic carbocycles. The molecule has 174 valence electrons. The predicted molar refractivity (Wildman–Crippen MR) is 132 cm³/mol. The number of nitrogens with one attached hydrogen (secondary N) is 2. The minimum Gasteiger partial charge on any atom is -0.497 e.